The second-order valence-electron chi connectivity index (χ2n) is 10.5. The largest absolute Gasteiger partial charge is 0.493 e. The number of hydrogen-bond acceptors (Lipinski definition) is 6. The van der Waals surface area contributed by atoms with Crippen molar-refractivity contribution >= 4 is 43.5 Å². The number of methoxy groups -OCH3 is 2. The minimum atomic E-state index is -4.28. The molecule has 3 aromatic rings. The third kappa shape index (κ3) is 8.51. The smallest absolute Gasteiger partial charge is 0.264 e. The van der Waals surface area contributed by atoms with Crippen LogP contribution in [0.5, 0.6) is 11.5 Å². The predicted octanol–water partition coefficient (Wildman–Crippen LogP) is 5.61. The first kappa shape index (κ1) is 33.9. The molecule has 1 N–H and O–H groups in total. The Balaban J connectivity index is 2.11. The minimum Gasteiger partial charge on any atom is -0.493 e. The molecule has 0 radical (unpaired) electrons. The van der Waals surface area contributed by atoms with Gasteiger partial charge in [0.25, 0.3) is 10.0 Å². The Morgan fingerprint density at radius 1 is 0.930 bits per heavy atom. The van der Waals surface area contributed by atoms with Gasteiger partial charge in [0.1, 0.15) is 12.6 Å². The van der Waals surface area contributed by atoms with E-state index in [2.05, 4.69) is 21.2 Å². The van der Waals surface area contributed by atoms with E-state index < -0.39 is 28.5 Å². The number of hydrogen-bond donors (Lipinski definition) is 1. The van der Waals surface area contributed by atoms with E-state index in [1.54, 1.807) is 19.1 Å². The number of ether oxygens (including phenoxy) is 2. The van der Waals surface area contributed by atoms with Crippen LogP contribution in [-0.2, 0) is 26.2 Å². The molecule has 0 saturated carbocycles. The van der Waals surface area contributed by atoms with Crippen molar-refractivity contribution in [3.05, 3.63) is 81.8 Å². The van der Waals surface area contributed by atoms with Crippen LogP contribution in [0, 0.1) is 13.8 Å². The second kappa shape index (κ2) is 14.7. The number of nitrogens with zero attached hydrogens (tertiary/aromatic N) is 2. The fourth-order valence-electron chi connectivity index (χ4n) is 4.61. The number of carbonyl (C=O) groups excluding carboxylic acids is 2. The highest BCUT2D eigenvalue weighted by molar-refractivity contribution is 9.10. The summed E-state index contributed by atoms with van der Waals surface area (Å²) in [6.07, 6.45) is 0.724. The molecule has 11 heteroatoms. The van der Waals surface area contributed by atoms with Gasteiger partial charge in [-0.2, -0.15) is 0 Å². The van der Waals surface area contributed by atoms with Crippen LogP contribution in [0.1, 0.15) is 43.9 Å². The van der Waals surface area contributed by atoms with Gasteiger partial charge in [0, 0.05) is 23.1 Å². The van der Waals surface area contributed by atoms with E-state index in [1.807, 2.05) is 58.0 Å². The van der Waals surface area contributed by atoms with Crippen LogP contribution in [0.25, 0.3) is 0 Å². The van der Waals surface area contributed by atoms with Crippen molar-refractivity contribution in [2.24, 2.45) is 0 Å². The summed E-state index contributed by atoms with van der Waals surface area (Å²) in [5.41, 5.74) is 2.79. The summed E-state index contributed by atoms with van der Waals surface area (Å²) >= 11 is 3.47. The summed E-state index contributed by atoms with van der Waals surface area (Å²) in [6, 6.07) is 16.1. The standard InChI is InChI=1S/C32H40BrN3O6S/c1-8-23(4)34-32(38)24(5)35(19-25-10-9-11-26(33)17-25)31(37)20-36(27-15-21(2)14-22(3)16-27)43(39,40)28-12-13-29(41-6)30(18-28)42-7/h9-18,23-24H,8,19-20H2,1-7H3,(H,34,38)/t23-,24-/m0/s1. The van der Waals surface area contributed by atoms with Crippen LogP contribution in [0.4, 0.5) is 5.69 Å². The fourth-order valence-corrected chi connectivity index (χ4v) is 6.47. The molecule has 0 saturated heterocycles. The first-order chi connectivity index (χ1) is 20.3. The lowest BCUT2D eigenvalue weighted by atomic mass is 10.1. The van der Waals surface area contributed by atoms with E-state index in [-0.39, 0.29) is 29.1 Å². The summed E-state index contributed by atoms with van der Waals surface area (Å²) in [6.45, 7) is 8.79. The van der Waals surface area contributed by atoms with E-state index in [4.69, 9.17) is 9.47 Å². The van der Waals surface area contributed by atoms with Gasteiger partial charge in [-0.05, 0) is 87.2 Å². The van der Waals surface area contributed by atoms with Crippen LogP contribution < -0.4 is 19.1 Å². The van der Waals surface area contributed by atoms with Crippen LogP contribution in [-0.4, -0.2) is 58.0 Å². The Bertz CT molecular complexity index is 1540. The summed E-state index contributed by atoms with van der Waals surface area (Å²) in [7, 11) is -1.40. The molecule has 0 aromatic heterocycles. The number of nitrogens with one attached hydrogen (secondary N) is 1. The summed E-state index contributed by atoms with van der Waals surface area (Å²) in [5, 5.41) is 2.94. The number of rotatable bonds is 13. The quantitative estimate of drug-likeness (QED) is 0.253. The van der Waals surface area contributed by atoms with Gasteiger partial charge in [0.05, 0.1) is 24.8 Å². The van der Waals surface area contributed by atoms with Gasteiger partial charge in [-0.1, -0.05) is 41.1 Å². The average molecular weight is 675 g/mol. The molecule has 0 heterocycles. The molecule has 43 heavy (non-hydrogen) atoms. The van der Waals surface area contributed by atoms with Gasteiger partial charge in [-0.3, -0.25) is 13.9 Å². The zero-order valence-corrected chi connectivity index (χ0v) is 28.1. The molecule has 0 aliphatic carbocycles. The maximum atomic E-state index is 14.2. The Hall–Kier alpha value is -3.57. The molecular weight excluding hydrogens is 634 g/mol. The molecule has 2 atom stereocenters. The van der Waals surface area contributed by atoms with Crippen LogP contribution >= 0.6 is 15.9 Å². The van der Waals surface area contributed by atoms with Crippen LogP contribution in [0.15, 0.2) is 70.0 Å². The highest BCUT2D eigenvalue weighted by atomic mass is 79.9. The van der Waals surface area contributed by atoms with Crippen molar-refractivity contribution in [3.8, 4) is 11.5 Å². The van der Waals surface area contributed by atoms with E-state index >= 15 is 0 Å². The molecule has 3 aromatic carbocycles. The highest BCUT2D eigenvalue weighted by Gasteiger charge is 2.33. The molecule has 0 bridgehead atoms. The number of anilines is 1. The first-order valence-electron chi connectivity index (χ1n) is 14.0. The van der Waals surface area contributed by atoms with Crippen molar-refractivity contribution in [2.75, 3.05) is 25.1 Å². The van der Waals surface area contributed by atoms with Gasteiger partial charge in [0.2, 0.25) is 11.8 Å². The Morgan fingerprint density at radius 3 is 2.16 bits per heavy atom. The lowest BCUT2D eigenvalue weighted by molar-refractivity contribution is -0.139. The number of aryl methyl sites for hydroxylation is 2. The summed E-state index contributed by atoms with van der Waals surface area (Å²) in [5.74, 6) is -0.243. The van der Waals surface area contributed by atoms with E-state index in [0.717, 1.165) is 31.9 Å². The molecule has 3 rings (SSSR count). The van der Waals surface area contributed by atoms with Crippen molar-refractivity contribution in [1.29, 1.82) is 0 Å². The number of halogens is 1. The van der Waals surface area contributed by atoms with Crippen LogP contribution in [0.3, 0.4) is 0 Å². The van der Waals surface area contributed by atoms with Crippen molar-refractivity contribution in [3.63, 3.8) is 0 Å². The summed E-state index contributed by atoms with van der Waals surface area (Å²) in [4.78, 5) is 28.8. The third-order valence-electron chi connectivity index (χ3n) is 7.13. The van der Waals surface area contributed by atoms with Crippen molar-refractivity contribution in [1.82, 2.24) is 10.2 Å². The average Bonchev–Trinajstić information content (AvgIpc) is 2.96. The molecule has 2 amide bonds. The number of benzene rings is 3. The Labute approximate surface area is 263 Å². The Morgan fingerprint density at radius 2 is 1.58 bits per heavy atom. The molecular formula is C32H40BrN3O6S. The number of amides is 2. The Kier molecular flexibility index (Phi) is 11.6. The summed E-state index contributed by atoms with van der Waals surface area (Å²) < 4.78 is 41.0. The van der Waals surface area contributed by atoms with E-state index in [0.29, 0.717) is 11.4 Å². The van der Waals surface area contributed by atoms with Crippen LogP contribution in [0.2, 0.25) is 0 Å². The molecule has 9 nitrogen and oxygen atoms in total. The normalized spacial score (nSPS) is 12.7. The third-order valence-corrected chi connectivity index (χ3v) is 9.39. The van der Waals surface area contributed by atoms with Gasteiger partial charge >= 0.3 is 0 Å². The molecule has 0 aliphatic heterocycles. The maximum absolute atomic E-state index is 14.2. The molecule has 232 valence electrons. The SMILES string of the molecule is CC[C@H](C)NC(=O)[C@H](C)N(Cc1cccc(Br)c1)C(=O)CN(c1cc(C)cc(C)c1)S(=O)(=O)c1ccc(OC)c(OC)c1. The number of sulfonamides is 1. The first-order valence-corrected chi connectivity index (χ1v) is 16.2. The maximum Gasteiger partial charge on any atom is 0.264 e. The molecule has 0 spiro atoms. The minimum absolute atomic E-state index is 0.0711. The van der Waals surface area contributed by atoms with Crippen molar-refractivity contribution in [2.45, 2.75) is 64.6 Å². The van der Waals surface area contributed by atoms with Crippen molar-refractivity contribution < 1.29 is 27.5 Å². The zero-order chi connectivity index (χ0) is 31.9. The van der Waals surface area contributed by atoms with Gasteiger partial charge in [0.15, 0.2) is 11.5 Å². The molecule has 0 fully saturated rings. The van der Waals surface area contributed by atoms with Gasteiger partial charge < -0.3 is 19.7 Å². The molecule has 0 unspecified atom stereocenters. The topological polar surface area (TPSA) is 105 Å². The highest BCUT2D eigenvalue weighted by Crippen LogP contribution is 2.33. The van der Waals surface area contributed by atoms with Gasteiger partial charge in [-0.15, -0.1) is 0 Å². The zero-order valence-electron chi connectivity index (χ0n) is 25.7. The predicted molar refractivity (Wildman–Crippen MR) is 172 cm³/mol. The lowest BCUT2D eigenvalue weighted by Crippen LogP contribution is -2.52. The fraction of sp³-hybridized carbons (Fsp3) is 0.375. The second-order valence-corrected chi connectivity index (χ2v) is 13.3. The number of carbonyl (C=O) groups is 2. The lowest BCUT2D eigenvalue weighted by Gasteiger charge is -2.32. The van der Waals surface area contributed by atoms with E-state index in [9.17, 15) is 18.0 Å². The monoisotopic (exact) mass is 673 g/mol. The molecule has 0 aliphatic rings. The van der Waals surface area contributed by atoms with Gasteiger partial charge in [-0.25, -0.2) is 8.42 Å². The van der Waals surface area contributed by atoms with E-state index in [1.165, 1.54) is 37.3 Å².